The molecule has 4 N–H and O–H groups in total. The molecule has 0 radical (unpaired) electrons. The average Bonchev–Trinajstić information content (AvgIpc) is 3.30. The van der Waals surface area contributed by atoms with E-state index in [-0.39, 0.29) is 28.3 Å². The fourth-order valence-corrected chi connectivity index (χ4v) is 8.09. The van der Waals surface area contributed by atoms with Gasteiger partial charge in [-0.25, -0.2) is 0 Å². The van der Waals surface area contributed by atoms with Crippen LogP contribution in [0, 0.1) is 20.8 Å². The number of phenols is 1. The van der Waals surface area contributed by atoms with Crippen molar-refractivity contribution in [2.45, 2.75) is 30.6 Å². The molecule has 67 heavy (non-hydrogen) atoms. The Labute approximate surface area is 384 Å². The molecule has 0 saturated carbocycles. The van der Waals surface area contributed by atoms with Crippen LogP contribution in [-0.4, -0.2) is 38.2 Å². The molecule has 0 aliphatic heterocycles. The molecule has 8 aromatic carbocycles. The van der Waals surface area contributed by atoms with E-state index < -0.39 is 30.0 Å². The number of benzene rings is 8. The summed E-state index contributed by atoms with van der Waals surface area (Å²) >= 11 is 0. The Hall–Kier alpha value is -8.10. The first-order valence-electron chi connectivity index (χ1n) is 20.2. The van der Waals surface area contributed by atoms with E-state index in [1.807, 2.05) is 93.6 Å². The van der Waals surface area contributed by atoms with Gasteiger partial charge in [-0.1, -0.05) is 36.4 Å². The molecule has 8 rings (SSSR count). The number of phenolic OH excluding ortho intramolecular Hbond substituents is 1. The van der Waals surface area contributed by atoms with Gasteiger partial charge in [0.05, 0.1) is 40.4 Å². The SMILES string of the molecule is COc1cc(N=Nc2c(S(=O)(=O)O)ccc3ccc(S(=O)(=O)O)cc23)ccc1N=Nc1ccc(N=Nc2cc(C)c(N=Nc3ccc4cc(Nc5ccccc5)ccc4c3O)cc2C)cc1C. The molecule has 0 aliphatic rings. The van der Waals surface area contributed by atoms with Crippen LogP contribution in [0.15, 0.2) is 190 Å². The predicted molar refractivity (Wildman–Crippen MR) is 256 cm³/mol. The molecule has 0 aliphatic carbocycles. The van der Waals surface area contributed by atoms with Crippen molar-refractivity contribution < 1.29 is 35.8 Å². The summed E-state index contributed by atoms with van der Waals surface area (Å²) in [6.07, 6.45) is 0. The Balaban J connectivity index is 0.952. The highest BCUT2D eigenvalue weighted by Crippen LogP contribution is 2.40. The number of aryl methyl sites for hydroxylation is 3. The molecular weight excluding hydrogens is 895 g/mol. The molecule has 0 aromatic heterocycles. The first-order chi connectivity index (χ1) is 32.0. The monoisotopic (exact) mass is 933 g/mol. The second-order valence-electron chi connectivity index (χ2n) is 15.2. The van der Waals surface area contributed by atoms with Crippen molar-refractivity contribution in [3.05, 3.63) is 156 Å². The Morgan fingerprint density at radius 1 is 0.478 bits per heavy atom. The number of fused-ring (bicyclic) bond motifs is 2. The van der Waals surface area contributed by atoms with Crippen molar-refractivity contribution in [2.75, 3.05) is 12.4 Å². The topological polar surface area (TPSA) is 249 Å². The zero-order chi connectivity index (χ0) is 47.5. The second kappa shape index (κ2) is 18.8. The number of rotatable bonds is 13. The van der Waals surface area contributed by atoms with Gasteiger partial charge in [-0.05, 0) is 145 Å². The van der Waals surface area contributed by atoms with E-state index >= 15 is 0 Å². The van der Waals surface area contributed by atoms with Crippen LogP contribution in [0.1, 0.15) is 16.7 Å². The van der Waals surface area contributed by atoms with Crippen molar-refractivity contribution in [1.82, 2.24) is 0 Å². The lowest BCUT2D eigenvalue weighted by atomic mass is 10.1. The van der Waals surface area contributed by atoms with Gasteiger partial charge in [-0.3, -0.25) is 9.11 Å². The summed E-state index contributed by atoms with van der Waals surface area (Å²) in [5, 5.41) is 51.0. The van der Waals surface area contributed by atoms with E-state index in [1.165, 1.54) is 31.4 Å². The number of nitrogens with one attached hydrogen (secondary N) is 1. The van der Waals surface area contributed by atoms with E-state index in [2.05, 4.69) is 46.2 Å². The van der Waals surface area contributed by atoms with Crippen LogP contribution in [0.25, 0.3) is 21.5 Å². The van der Waals surface area contributed by atoms with Gasteiger partial charge >= 0.3 is 0 Å². The number of anilines is 2. The minimum absolute atomic E-state index is 0.00104. The second-order valence-corrected chi connectivity index (χ2v) is 18.0. The highest BCUT2D eigenvalue weighted by atomic mass is 32.2. The maximum atomic E-state index is 12.2. The smallest absolute Gasteiger partial charge is 0.296 e. The molecular formula is C48H39N9O8S2. The Morgan fingerprint density at radius 2 is 1.06 bits per heavy atom. The number of para-hydroxylation sites is 1. The van der Waals surface area contributed by atoms with Gasteiger partial charge in [-0.15, -0.1) is 15.3 Å². The van der Waals surface area contributed by atoms with E-state index in [0.717, 1.165) is 51.7 Å². The third-order valence-corrected chi connectivity index (χ3v) is 12.2. The summed E-state index contributed by atoms with van der Waals surface area (Å²) in [4.78, 5) is -1.13. The van der Waals surface area contributed by atoms with Crippen LogP contribution in [0.5, 0.6) is 11.5 Å². The third kappa shape index (κ3) is 10.4. The number of azo groups is 4. The van der Waals surface area contributed by atoms with Crippen molar-refractivity contribution in [3.8, 4) is 11.5 Å². The largest absolute Gasteiger partial charge is 0.505 e. The summed E-state index contributed by atoms with van der Waals surface area (Å²) in [7, 11) is -8.05. The van der Waals surface area contributed by atoms with E-state index in [1.54, 1.807) is 24.3 Å². The molecule has 336 valence electrons. The summed E-state index contributed by atoms with van der Waals surface area (Å²) in [5.74, 6) is 0.288. The zero-order valence-electron chi connectivity index (χ0n) is 36.1. The van der Waals surface area contributed by atoms with Gasteiger partial charge in [0.1, 0.15) is 27.7 Å². The Morgan fingerprint density at radius 3 is 1.75 bits per heavy atom. The first-order valence-corrected chi connectivity index (χ1v) is 23.1. The van der Waals surface area contributed by atoms with E-state index in [4.69, 9.17) is 4.74 Å². The van der Waals surface area contributed by atoms with Crippen LogP contribution in [0.3, 0.4) is 0 Å². The van der Waals surface area contributed by atoms with E-state index in [0.29, 0.717) is 44.9 Å². The maximum Gasteiger partial charge on any atom is 0.296 e. The number of hydrogen-bond acceptors (Lipinski definition) is 15. The lowest BCUT2D eigenvalue weighted by Gasteiger charge is -2.09. The molecule has 0 fully saturated rings. The highest BCUT2D eigenvalue weighted by Gasteiger charge is 2.21. The average molecular weight is 934 g/mol. The Bertz CT molecular complexity index is 3600. The summed E-state index contributed by atoms with van der Waals surface area (Å²) < 4.78 is 73.1. The van der Waals surface area contributed by atoms with E-state index in [9.17, 15) is 31.0 Å². The number of hydrogen-bond donors (Lipinski definition) is 4. The van der Waals surface area contributed by atoms with Crippen molar-refractivity contribution in [2.24, 2.45) is 40.9 Å². The van der Waals surface area contributed by atoms with Crippen LogP contribution in [-0.2, 0) is 20.2 Å². The predicted octanol–water partition coefficient (Wildman–Crippen LogP) is 14.5. The highest BCUT2D eigenvalue weighted by molar-refractivity contribution is 7.86. The maximum absolute atomic E-state index is 12.2. The zero-order valence-corrected chi connectivity index (χ0v) is 37.7. The minimum atomic E-state index is -4.82. The van der Waals surface area contributed by atoms with Crippen molar-refractivity contribution in [1.29, 1.82) is 0 Å². The van der Waals surface area contributed by atoms with Gasteiger partial charge in [0.2, 0.25) is 0 Å². The lowest BCUT2D eigenvalue weighted by molar-refractivity contribution is 0.416. The number of nitrogens with zero attached hydrogens (tertiary/aromatic N) is 8. The quantitative estimate of drug-likeness (QED) is 0.0633. The fraction of sp³-hybridized carbons (Fsp3) is 0.0833. The number of methoxy groups -OCH3 is 1. The van der Waals surface area contributed by atoms with Crippen LogP contribution < -0.4 is 10.1 Å². The first kappa shape index (κ1) is 45.5. The summed E-state index contributed by atoms with van der Waals surface area (Å²) in [6, 6.07) is 38.8. The molecule has 0 amide bonds. The Kier molecular flexibility index (Phi) is 12.7. The van der Waals surface area contributed by atoms with Crippen molar-refractivity contribution in [3.63, 3.8) is 0 Å². The lowest BCUT2D eigenvalue weighted by Crippen LogP contribution is -2.00. The minimum Gasteiger partial charge on any atom is -0.505 e. The standard InChI is InChI=1S/C48H39N9O8S2/c1-28-22-35(50-55-43-23-30(3)44(24-29(43)2)56-54-42-18-11-32-25-34(13-17-38(32)48(42)58)49-33-8-6-5-7-9-33)14-19-40(28)52-53-41-20-15-36(26-45(41)65-4)51-57-47-39-27-37(66(59,60)61)16-10-31(39)12-21-46(47)67(62,63)64/h5-27,49,58H,1-4H3,(H,59,60,61)(H,62,63,64). The summed E-state index contributed by atoms with van der Waals surface area (Å²) in [5.41, 5.74) is 7.17. The molecule has 0 spiro atoms. The van der Waals surface area contributed by atoms with Gasteiger partial charge in [0.25, 0.3) is 20.2 Å². The molecule has 0 heterocycles. The van der Waals surface area contributed by atoms with Gasteiger partial charge in [0, 0.05) is 28.2 Å². The fourth-order valence-electron chi connectivity index (χ4n) is 6.94. The van der Waals surface area contributed by atoms with Crippen LogP contribution in [0.4, 0.5) is 56.9 Å². The number of aromatic hydroxyl groups is 1. The van der Waals surface area contributed by atoms with Crippen molar-refractivity contribution >= 4 is 98.7 Å². The van der Waals surface area contributed by atoms with Gasteiger partial charge < -0.3 is 15.2 Å². The van der Waals surface area contributed by atoms with Crippen LogP contribution in [0.2, 0.25) is 0 Å². The molecule has 0 unspecified atom stereocenters. The molecule has 0 bridgehead atoms. The van der Waals surface area contributed by atoms with Gasteiger partial charge in [0.15, 0.2) is 5.75 Å². The molecule has 0 saturated heterocycles. The molecule has 0 atom stereocenters. The molecule has 8 aromatic rings. The normalized spacial score (nSPS) is 12.4. The molecule has 19 heteroatoms. The number of ether oxygens (including phenoxy) is 1. The third-order valence-electron chi connectivity index (χ3n) is 10.5. The van der Waals surface area contributed by atoms with Crippen LogP contribution >= 0.6 is 0 Å². The molecule has 17 nitrogen and oxygen atoms in total. The summed E-state index contributed by atoms with van der Waals surface area (Å²) in [6.45, 7) is 5.64. The van der Waals surface area contributed by atoms with Gasteiger partial charge in [-0.2, -0.15) is 42.4 Å².